The summed E-state index contributed by atoms with van der Waals surface area (Å²) in [7, 11) is -12.8. The fourth-order valence-electron chi connectivity index (χ4n) is 3.01. The standard InChI is InChI=1S/C15H22F6N2O4S2/c1-3-4-5-6-7-8-9-13(12-22-10-11-23(12)2,28(24,25)14(16,17)18)29(26,27)15(19,20)21/h10-11H,3-9H2,1-2H3. The van der Waals surface area contributed by atoms with Gasteiger partial charge in [0, 0.05) is 19.4 Å². The van der Waals surface area contributed by atoms with Crippen LogP contribution in [0.3, 0.4) is 0 Å². The van der Waals surface area contributed by atoms with Crippen LogP contribution in [-0.2, 0) is 30.8 Å². The Kier molecular flexibility index (Phi) is 7.82. The number of hydrogen-bond acceptors (Lipinski definition) is 5. The van der Waals surface area contributed by atoms with E-state index in [2.05, 4.69) is 4.98 Å². The second kappa shape index (κ2) is 8.82. The van der Waals surface area contributed by atoms with Crippen molar-refractivity contribution in [1.29, 1.82) is 0 Å². The molecule has 6 nitrogen and oxygen atoms in total. The number of sulfone groups is 2. The van der Waals surface area contributed by atoms with Crippen molar-refractivity contribution in [3.63, 3.8) is 0 Å². The molecule has 0 aliphatic carbocycles. The molecule has 1 aromatic rings. The molecule has 0 aliphatic heterocycles. The number of hydrogen-bond donors (Lipinski definition) is 0. The lowest BCUT2D eigenvalue weighted by atomic mass is 10.1. The SMILES string of the molecule is CCCCCCCCC(c1nccn1C)(S(=O)(=O)C(F)(F)F)S(=O)(=O)C(F)(F)F. The molecule has 0 atom stereocenters. The molecule has 29 heavy (non-hydrogen) atoms. The highest BCUT2D eigenvalue weighted by Crippen LogP contribution is 2.51. The topological polar surface area (TPSA) is 86.1 Å². The first kappa shape index (κ1) is 25.7. The third kappa shape index (κ3) is 4.57. The van der Waals surface area contributed by atoms with Gasteiger partial charge in [-0.1, -0.05) is 45.4 Å². The predicted molar refractivity (Wildman–Crippen MR) is 92.8 cm³/mol. The van der Waals surface area contributed by atoms with Crippen LogP contribution in [0.25, 0.3) is 0 Å². The van der Waals surface area contributed by atoms with Gasteiger partial charge in [-0.15, -0.1) is 0 Å². The fraction of sp³-hybridized carbons (Fsp3) is 0.800. The minimum absolute atomic E-state index is 0.0624. The number of aryl methyl sites for hydroxylation is 1. The number of nitrogens with zero attached hydrogens (tertiary/aromatic N) is 2. The van der Waals surface area contributed by atoms with Crippen LogP contribution in [0.15, 0.2) is 12.4 Å². The van der Waals surface area contributed by atoms with Gasteiger partial charge in [0.15, 0.2) is 0 Å². The molecular weight excluding hydrogens is 450 g/mol. The molecular formula is C15H22F6N2O4S2. The lowest BCUT2D eigenvalue weighted by Crippen LogP contribution is -2.55. The highest BCUT2D eigenvalue weighted by molar-refractivity contribution is 8.10. The summed E-state index contributed by atoms with van der Waals surface area (Å²) >= 11 is 0. The maximum Gasteiger partial charge on any atom is 0.499 e. The van der Waals surface area contributed by atoms with Crippen LogP contribution in [-0.4, -0.2) is 37.4 Å². The highest BCUT2D eigenvalue weighted by Gasteiger charge is 2.74. The van der Waals surface area contributed by atoms with Crippen LogP contribution in [0.4, 0.5) is 26.3 Å². The number of aromatic nitrogens is 2. The van der Waals surface area contributed by atoms with Crippen LogP contribution in [0.5, 0.6) is 0 Å². The molecule has 0 aromatic carbocycles. The average Bonchev–Trinajstić information content (AvgIpc) is 2.98. The lowest BCUT2D eigenvalue weighted by molar-refractivity contribution is -0.0499. The van der Waals surface area contributed by atoms with Gasteiger partial charge in [-0.2, -0.15) is 26.3 Å². The quantitative estimate of drug-likeness (QED) is 0.377. The Morgan fingerprint density at radius 1 is 0.862 bits per heavy atom. The molecule has 0 spiro atoms. The van der Waals surface area contributed by atoms with Gasteiger partial charge in [-0.25, -0.2) is 21.8 Å². The molecule has 170 valence electrons. The van der Waals surface area contributed by atoms with Gasteiger partial charge in [-0.05, 0) is 6.42 Å². The summed E-state index contributed by atoms with van der Waals surface area (Å²) in [6.45, 7) is 1.89. The number of unbranched alkanes of at least 4 members (excludes halogenated alkanes) is 5. The summed E-state index contributed by atoms with van der Waals surface area (Å²) in [5.41, 5.74) is -12.5. The maximum atomic E-state index is 13.4. The first-order chi connectivity index (χ1) is 13.1. The summed E-state index contributed by atoms with van der Waals surface area (Å²) in [5, 5.41) is 0. The maximum absolute atomic E-state index is 13.4. The van der Waals surface area contributed by atoms with Gasteiger partial charge < -0.3 is 4.57 Å². The Morgan fingerprint density at radius 3 is 1.69 bits per heavy atom. The van der Waals surface area contributed by atoms with Crippen LogP contribution in [0.1, 0.15) is 57.7 Å². The highest BCUT2D eigenvalue weighted by atomic mass is 32.3. The summed E-state index contributed by atoms with van der Waals surface area (Å²) in [6, 6.07) is 0. The molecule has 0 N–H and O–H groups in total. The van der Waals surface area contributed by atoms with E-state index >= 15 is 0 Å². The molecule has 0 aliphatic rings. The monoisotopic (exact) mass is 472 g/mol. The first-order valence-electron chi connectivity index (χ1n) is 8.67. The van der Waals surface area contributed by atoms with Crippen LogP contribution >= 0.6 is 0 Å². The van der Waals surface area contributed by atoms with Crippen molar-refractivity contribution in [2.24, 2.45) is 7.05 Å². The minimum Gasteiger partial charge on any atom is -0.336 e. The largest absolute Gasteiger partial charge is 0.499 e. The third-order valence-electron chi connectivity index (χ3n) is 4.50. The van der Waals surface area contributed by atoms with E-state index in [1.54, 1.807) is 0 Å². The second-order valence-electron chi connectivity index (χ2n) is 6.53. The van der Waals surface area contributed by atoms with E-state index in [0.717, 1.165) is 32.3 Å². The Labute approximate surface area is 165 Å². The van der Waals surface area contributed by atoms with Gasteiger partial charge in [0.25, 0.3) is 19.7 Å². The Morgan fingerprint density at radius 2 is 1.31 bits per heavy atom. The number of rotatable bonds is 10. The van der Waals surface area contributed by atoms with E-state index in [1.807, 2.05) is 6.92 Å². The summed E-state index contributed by atoms with van der Waals surface area (Å²) in [4.78, 5) is 3.28. The van der Waals surface area contributed by atoms with Gasteiger partial charge in [-0.3, -0.25) is 0 Å². The van der Waals surface area contributed by atoms with Gasteiger partial charge >= 0.3 is 11.0 Å². The smallest absolute Gasteiger partial charge is 0.336 e. The predicted octanol–water partition coefficient (Wildman–Crippen LogP) is 4.19. The van der Waals surface area contributed by atoms with Crippen LogP contribution in [0, 0.1) is 0 Å². The fourth-order valence-corrected chi connectivity index (χ4v) is 7.18. The Hall–Kier alpha value is -1.31. The number of alkyl halides is 6. The van der Waals surface area contributed by atoms with E-state index in [4.69, 9.17) is 0 Å². The normalized spacial score (nSPS) is 14.3. The van der Waals surface area contributed by atoms with Crippen molar-refractivity contribution in [3.05, 3.63) is 18.2 Å². The number of halogens is 6. The molecule has 0 saturated carbocycles. The van der Waals surface area contributed by atoms with Crippen molar-refractivity contribution in [2.75, 3.05) is 0 Å². The molecule has 0 unspecified atom stereocenters. The molecule has 1 heterocycles. The van der Waals surface area contributed by atoms with Crippen molar-refractivity contribution in [3.8, 4) is 0 Å². The van der Waals surface area contributed by atoms with E-state index < -0.39 is 53.4 Å². The zero-order valence-electron chi connectivity index (χ0n) is 15.7. The number of imidazole rings is 1. The van der Waals surface area contributed by atoms with Crippen molar-refractivity contribution in [1.82, 2.24) is 9.55 Å². The van der Waals surface area contributed by atoms with Crippen molar-refractivity contribution < 1.29 is 43.2 Å². The first-order valence-corrected chi connectivity index (χ1v) is 11.6. The summed E-state index contributed by atoms with van der Waals surface area (Å²) in [6.07, 6.45) is 2.40. The molecule has 0 fully saturated rings. The molecule has 0 bridgehead atoms. The summed E-state index contributed by atoms with van der Waals surface area (Å²) in [5.74, 6) is -1.35. The molecule has 14 heteroatoms. The lowest BCUT2D eigenvalue weighted by Gasteiger charge is -2.33. The molecule has 0 radical (unpaired) electrons. The second-order valence-corrected chi connectivity index (χ2v) is 11.1. The van der Waals surface area contributed by atoms with Gasteiger partial charge in [0.05, 0.1) is 0 Å². The summed E-state index contributed by atoms with van der Waals surface area (Å²) < 4.78 is 126. The molecule has 1 aromatic heterocycles. The molecule has 0 saturated heterocycles. The van der Waals surface area contributed by atoms with Crippen LogP contribution in [0.2, 0.25) is 0 Å². The molecule has 1 rings (SSSR count). The van der Waals surface area contributed by atoms with E-state index in [1.165, 1.54) is 0 Å². The van der Waals surface area contributed by atoms with E-state index in [0.29, 0.717) is 17.4 Å². The van der Waals surface area contributed by atoms with E-state index in [9.17, 15) is 43.2 Å². The van der Waals surface area contributed by atoms with Crippen molar-refractivity contribution in [2.45, 2.75) is 67.0 Å². The Bertz CT molecular complexity index is 845. The van der Waals surface area contributed by atoms with E-state index in [-0.39, 0.29) is 6.42 Å². The van der Waals surface area contributed by atoms with Gasteiger partial charge in [0.2, 0.25) is 4.08 Å². The minimum atomic E-state index is -6.88. The zero-order chi connectivity index (χ0) is 22.7. The average molecular weight is 472 g/mol. The van der Waals surface area contributed by atoms with Crippen molar-refractivity contribution >= 4 is 19.7 Å². The molecule has 0 amide bonds. The third-order valence-corrected chi connectivity index (χ3v) is 9.54. The van der Waals surface area contributed by atoms with Crippen LogP contribution < -0.4 is 0 Å². The Balaban J connectivity index is 3.71. The zero-order valence-corrected chi connectivity index (χ0v) is 17.3. The van der Waals surface area contributed by atoms with Gasteiger partial charge in [0.1, 0.15) is 5.82 Å².